The minimum Gasteiger partial charge on any atom is -0.214 e. The Balaban J connectivity index is 2.38. The van der Waals surface area contributed by atoms with Gasteiger partial charge >= 0.3 is 0 Å². The number of isocyanates is 1. The normalized spacial score (nSPS) is 10.1. The second-order valence-corrected chi connectivity index (χ2v) is 4.05. The van der Waals surface area contributed by atoms with Crippen LogP contribution in [-0.2, 0) is 11.2 Å². The fraction of sp³-hybridized carbons (Fsp3) is 0.286. The van der Waals surface area contributed by atoms with Crippen molar-refractivity contribution in [2.45, 2.75) is 26.2 Å². The van der Waals surface area contributed by atoms with Crippen LogP contribution < -0.4 is 0 Å². The number of aliphatic imine (C=N–C) groups is 1. The summed E-state index contributed by atoms with van der Waals surface area (Å²) in [5.74, 6) is 0.530. The number of nitrogens with zero attached hydrogens (tertiary/aromatic N) is 3. The number of carbonyl (C=O) groups excluding carboxylic acids is 1. The van der Waals surface area contributed by atoms with E-state index in [1.54, 1.807) is 10.8 Å². The Morgan fingerprint density at radius 3 is 2.78 bits per heavy atom. The highest BCUT2D eigenvalue weighted by atomic mass is 16.1. The quantitative estimate of drug-likeness (QED) is 0.596. The molecule has 0 bridgehead atoms. The Morgan fingerprint density at radius 1 is 1.33 bits per heavy atom. The molecule has 0 spiro atoms. The molecule has 1 heterocycles. The van der Waals surface area contributed by atoms with E-state index in [1.807, 2.05) is 36.4 Å². The van der Waals surface area contributed by atoms with Crippen LogP contribution in [0.2, 0.25) is 0 Å². The average molecular weight is 241 g/mol. The lowest BCUT2D eigenvalue weighted by atomic mass is 10.2. The SMILES string of the molecule is CCCCc1cc(N=C=O)n(-c2ccccc2)n1. The molecular formula is C14H15N3O. The Labute approximate surface area is 106 Å². The lowest BCUT2D eigenvalue weighted by Crippen LogP contribution is -1.96. The van der Waals surface area contributed by atoms with Gasteiger partial charge in [0.05, 0.1) is 11.4 Å². The van der Waals surface area contributed by atoms with Crippen LogP contribution in [-0.4, -0.2) is 15.9 Å². The first-order chi connectivity index (χ1) is 8.85. The van der Waals surface area contributed by atoms with Gasteiger partial charge in [-0.15, -0.1) is 4.99 Å². The second-order valence-electron chi connectivity index (χ2n) is 4.05. The van der Waals surface area contributed by atoms with Crippen molar-refractivity contribution in [1.82, 2.24) is 9.78 Å². The molecule has 0 N–H and O–H groups in total. The third kappa shape index (κ3) is 2.73. The van der Waals surface area contributed by atoms with Crippen molar-refractivity contribution in [3.63, 3.8) is 0 Å². The molecule has 0 aliphatic rings. The molecule has 0 radical (unpaired) electrons. The highest BCUT2D eigenvalue weighted by Crippen LogP contribution is 2.20. The first kappa shape index (κ1) is 12.3. The first-order valence-corrected chi connectivity index (χ1v) is 6.07. The van der Waals surface area contributed by atoms with Gasteiger partial charge in [0.15, 0.2) is 5.82 Å². The number of benzene rings is 1. The molecule has 0 aliphatic carbocycles. The average Bonchev–Trinajstić information content (AvgIpc) is 2.81. The minimum atomic E-state index is 0.530. The molecule has 4 nitrogen and oxygen atoms in total. The summed E-state index contributed by atoms with van der Waals surface area (Å²) in [6.45, 7) is 2.14. The van der Waals surface area contributed by atoms with Crippen molar-refractivity contribution < 1.29 is 4.79 Å². The van der Waals surface area contributed by atoms with E-state index in [0.29, 0.717) is 5.82 Å². The van der Waals surface area contributed by atoms with Gasteiger partial charge in [0, 0.05) is 6.07 Å². The number of hydrogen-bond acceptors (Lipinski definition) is 3. The van der Waals surface area contributed by atoms with Crippen LogP contribution in [0.4, 0.5) is 5.82 Å². The van der Waals surface area contributed by atoms with E-state index in [0.717, 1.165) is 30.6 Å². The highest BCUT2D eigenvalue weighted by molar-refractivity contribution is 5.49. The molecule has 0 saturated carbocycles. The first-order valence-electron chi connectivity index (χ1n) is 6.07. The van der Waals surface area contributed by atoms with E-state index in [2.05, 4.69) is 17.0 Å². The molecule has 4 heteroatoms. The fourth-order valence-corrected chi connectivity index (χ4v) is 1.78. The molecule has 0 amide bonds. The van der Waals surface area contributed by atoms with Crippen molar-refractivity contribution >= 4 is 11.9 Å². The summed E-state index contributed by atoms with van der Waals surface area (Å²) in [4.78, 5) is 14.2. The van der Waals surface area contributed by atoms with Crippen molar-refractivity contribution in [3.8, 4) is 5.69 Å². The minimum absolute atomic E-state index is 0.530. The lowest BCUT2D eigenvalue weighted by Gasteiger charge is -2.01. The maximum atomic E-state index is 10.4. The van der Waals surface area contributed by atoms with Gasteiger partial charge in [-0.2, -0.15) is 5.10 Å². The Hall–Kier alpha value is -2.19. The van der Waals surface area contributed by atoms with E-state index in [1.165, 1.54) is 0 Å². The Morgan fingerprint density at radius 2 is 2.11 bits per heavy atom. The predicted molar refractivity (Wildman–Crippen MR) is 70.0 cm³/mol. The summed E-state index contributed by atoms with van der Waals surface area (Å²) in [6, 6.07) is 11.5. The molecule has 2 rings (SSSR count). The largest absolute Gasteiger partial charge is 0.242 e. The van der Waals surface area contributed by atoms with Gasteiger partial charge in [-0.05, 0) is 25.0 Å². The van der Waals surface area contributed by atoms with Crippen LogP contribution in [0, 0.1) is 0 Å². The highest BCUT2D eigenvalue weighted by Gasteiger charge is 2.08. The number of aryl methyl sites for hydroxylation is 1. The summed E-state index contributed by atoms with van der Waals surface area (Å²) in [5.41, 5.74) is 1.85. The van der Waals surface area contributed by atoms with Crippen LogP contribution in [0.5, 0.6) is 0 Å². The van der Waals surface area contributed by atoms with Crippen LogP contribution >= 0.6 is 0 Å². The number of hydrogen-bond donors (Lipinski definition) is 0. The third-order valence-electron chi connectivity index (χ3n) is 2.69. The zero-order valence-electron chi connectivity index (χ0n) is 10.3. The molecule has 2 aromatic rings. The van der Waals surface area contributed by atoms with E-state index in [9.17, 15) is 4.79 Å². The van der Waals surface area contributed by atoms with Gasteiger partial charge in [0.1, 0.15) is 0 Å². The fourth-order valence-electron chi connectivity index (χ4n) is 1.78. The topological polar surface area (TPSA) is 47.2 Å². The molecule has 0 saturated heterocycles. The maximum absolute atomic E-state index is 10.4. The van der Waals surface area contributed by atoms with Gasteiger partial charge in [0.2, 0.25) is 6.08 Å². The zero-order chi connectivity index (χ0) is 12.8. The molecule has 92 valence electrons. The summed E-state index contributed by atoms with van der Waals surface area (Å²) in [6.07, 6.45) is 4.67. The molecule has 0 unspecified atom stereocenters. The molecule has 1 aromatic carbocycles. The van der Waals surface area contributed by atoms with Gasteiger partial charge in [-0.25, -0.2) is 9.48 Å². The van der Waals surface area contributed by atoms with Crippen molar-refractivity contribution in [3.05, 3.63) is 42.1 Å². The Kier molecular flexibility index (Phi) is 4.05. The van der Waals surface area contributed by atoms with E-state index < -0.39 is 0 Å². The Bertz CT molecular complexity index is 554. The summed E-state index contributed by atoms with van der Waals surface area (Å²) >= 11 is 0. The molecular weight excluding hydrogens is 226 g/mol. The predicted octanol–water partition coefficient (Wildman–Crippen LogP) is 3.18. The third-order valence-corrected chi connectivity index (χ3v) is 2.69. The number of aromatic nitrogens is 2. The van der Waals surface area contributed by atoms with Gasteiger partial charge in [0.25, 0.3) is 0 Å². The summed E-state index contributed by atoms with van der Waals surface area (Å²) < 4.78 is 1.68. The van der Waals surface area contributed by atoms with E-state index in [-0.39, 0.29) is 0 Å². The number of para-hydroxylation sites is 1. The van der Waals surface area contributed by atoms with E-state index >= 15 is 0 Å². The van der Waals surface area contributed by atoms with Crippen molar-refractivity contribution in [1.29, 1.82) is 0 Å². The van der Waals surface area contributed by atoms with Crippen molar-refractivity contribution in [2.24, 2.45) is 4.99 Å². The smallest absolute Gasteiger partial charge is 0.214 e. The van der Waals surface area contributed by atoms with Gasteiger partial charge < -0.3 is 0 Å². The number of rotatable bonds is 5. The molecule has 1 aromatic heterocycles. The second kappa shape index (κ2) is 5.94. The van der Waals surface area contributed by atoms with Crippen molar-refractivity contribution in [2.75, 3.05) is 0 Å². The molecule has 0 fully saturated rings. The molecule has 0 aliphatic heterocycles. The van der Waals surface area contributed by atoms with Crippen LogP contribution in [0.15, 0.2) is 41.4 Å². The van der Waals surface area contributed by atoms with Crippen LogP contribution in [0.3, 0.4) is 0 Å². The summed E-state index contributed by atoms with van der Waals surface area (Å²) in [5, 5.41) is 4.48. The lowest BCUT2D eigenvalue weighted by molar-refractivity contribution is 0.565. The monoisotopic (exact) mass is 241 g/mol. The summed E-state index contributed by atoms with van der Waals surface area (Å²) in [7, 11) is 0. The molecule has 0 atom stereocenters. The standard InChI is InChI=1S/C14H15N3O/c1-2-3-7-12-10-14(15-11-18)17(16-12)13-8-5-4-6-9-13/h4-6,8-10H,2-3,7H2,1H3. The maximum Gasteiger partial charge on any atom is 0.242 e. The van der Waals surface area contributed by atoms with Crippen LogP contribution in [0.25, 0.3) is 5.69 Å². The number of unbranched alkanes of at least 4 members (excludes halogenated alkanes) is 1. The van der Waals surface area contributed by atoms with Gasteiger partial charge in [-0.1, -0.05) is 31.5 Å². The van der Waals surface area contributed by atoms with Crippen LogP contribution in [0.1, 0.15) is 25.5 Å². The zero-order valence-corrected chi connectivity index (χ0v) is 10.3. The van der Waals surface area contributed by atoms with Gasteiger partial charge in [-0.3, -0.25) is 0 Å². The van der Waals surface area contributed by atoms with E-state index in [4.69, 9.17) is 0 Å². The molecule has 18 heavy (non-hydrogen) atoms.